The third-order valence-corrected chi connectivity index (χ3v) is 5.31. The van der Waals surface area contributed by atoms with Gasteiger partial charge in [-0.1, -0.05) is 41.5 Å². The quantitative estimate of drug-likeness (QED) is 0.328. The van der Waals surface area contributed by atoms with Crippen LogP contribution >= 0.6 is 0 Å². The predicted octanol–water partition coefficient (Wildman–Crippen LogP) is 5.15. The van der Waals surface area contributed by atoms with Crippen LogP contribution in [0.4, 0.5) is 11.8 Å². The van der Waals surface area contributed by atoms with Crippen LogP contribution in [0.25, 0.3) is 11.0 Å². The molecule has 0 unspecified atom stereocenters. The number of aromatic amines is 1. The molecule has 0 aliphatic rings. The van der Waals surface area contributed by atoms with Crippen LogP contribution in [0.1, 0.15) is 81.5 Å². The van der Waals surface area contributed by atoms with Crippen LogP contribution in [0.2, 0.25) is 0 Å². The molecule has 0 radical (unpaired) electrons. The Bertz CT molecular complexity index is 1150. The van der Waals surface area contributed by atoms with E-state index in [1.807, 2.05) is 24.5 Å². The van der Waals surface area contributed by atoms with Crippen molar-refractivity contribution in [2.75, 3.05) is 11.5 Å². The maximum Gasteiger partial charge on any atom is 0.219 e. The molecule has 34 heavy (non-hydrogen) atoms. The topological polar surface area (TPSA) is 140 Å². The average molecular weight is 464 g/mol. The van der Waals surface area contributed by atoms with E-state index in [4.69, 9.17) is 16.6 Å². The molecule has 4 aromatic rings. The summed E-state index contributed by atoms with van der Waals surface area (Å²) in [5.41, 5.74) is 16.0. The number of rotatable bonds is 4. The Balaban J connectivity index is 0.000000181. The van der Waals surface area contributed by atoms with Gasteiger partial charge < -0.3 is 21.6 Å². The first-order valence-electron chi connectivity index (χ1n) is 11.5. The molecule has 4 rings (SSSR count). The molecule has 0 amide bonds. The first-order chi connectivity index (χ1) is 16.1. The molecule has 0 aromatic carbocycles. The van der Waals surface area contributed by atoms with Crippen LogP contribution in [-0.2, 0) is 6.61 Å². The number of H-pyrrole nitrogens is 1. The smallest absolute Gasteiger partial charge is 0.219 e. The van der Waals surface area contributed by atoms with E-state index in [1.54, 1.807) is 18.6 Å². The zero-order valence-corrected chi connectivity index (χ0v) is 20.9. The molecule has 0 fully saturated rings. The number of anilines is 2. The summed E-state index contributed by atoms with van der Waals surface area (Å²) < 4.78 is 0. The third kappa shape index (κ3) is 7.81. The zero-order chi connectivity index (χ0) is 25.3. The zero-order valence-electron chi connectivity index (χ0n) is 20.9. The van der Waals surface area contributed by atoms with E-state index >= 15 is 0 Å². The second kappa shape index (κ2) is 12.6. The van der Waals surface area contributed by atoms with Crippen LogP contribution in [0, 0.1) is 0 Å². The van der Waals surface area contributed by atoms with Gasteiger partial charge in [0, 0.05) is 41.9 Å². The monoisotopic (exact) mass is 463 g/mol. The fourth-order valence-electron chi connectivity index (χ4n) is 2.90. The molecule has 0 spiro atoms. The van der Waals surface area contributed by atoms with Gasteiger partial charge in [-0.25, -0.2) is 19.9 Å². The lowest BCUT2D eigenvalue weighted by Gasteiger charge is -2.07. The summed E-state index contributed by atoms with van der Waals surface area (Å²) in [6, 6.07) is 6.13. The highest BCUT2D eigenvalue weighted by Gasteiger charge is 2.04. The van der Waals surface area contributed by atoms with Crippen LogP contribution < -0.4 is 11.5 Å². The summed E-state index contributed by atoms with van der Waals surface area (Å²) >= 11 is 0. The Hall–Kier alpha value is -3.52. The maximum absolute atomic E-state index is 8.90. The normalized spacial score (nSPS) is 10.8. The lowest BCUT2D eigenvalue weighted by molar-refractivity contribution is 0.282. The van der Waals surface area contributed by atoms with Crippen molar-refractivity contribution in [3.8, 4) is 0 Å². The van der Waals surface area contributed by atoms with E-state index in [9.17, 15) is 0 Å². The first-order valence-corrected chi connectivity index (χ1v) is 11.5. The molecule has 0 saturated carbocycles. The second-order valence-electron chi connectivity index (χ2n) is 8.99. The minimum Gasteiger partial charge on any atom is -0.392 e. The number of hydrogen-bond acceptors (Lipinski definition) is 7. The van der Waals surface area contributed by atoms with Crippen molar-refractivity contribution >= 4 is 22.8 Å². The average Bonchev–Trinajstić information content (AvgIpc) is 3.28. The molecule has 182 valence electrons. The van der Waals surface area contributed by atoms with Gasteiger partial charge >= 0.3 is 0 Å². The molecule has 0 bridgehead atoms. The van der Waals surface area contributed by atoms with Gasteiger partial charge in [0.25, 0.3) is 0 Å². The summed E-state index contributed by atoms with van der Waals surface area (Å²) in [5.74, 6) is 2.20. The Labute approximate surface area is 201 Å². The molecule has 6 N–H and O–H groups in total. The van der Waals surface area contributed by atoms with Gasteiger partial charge in [-0.05, 0) is 52.6 Å². The van der Waals surface area contributed by atoms with Crippen molar-refractivity contribution in [2.45, 2.75) is 65.9 Å². The highest BCUT2D eigenvalue weighted by molar-refractivity contribution is 5.75. The summed E-state index contributed by atoms with van der Waals surface area (Å²) in [6.07, 6.45) is 9.12. The Morgan fingerprint density at radius 3 is 1.85 bits per heavy atom. The van der Waals surface area contributed by atoms with E-state index in [-0.39, 0.29) is 6.61 Å². The highest BCUT2D eigenvalue weighted by Crippen LogP contribution is 2.18. The number of pyridine rings is 2. The fraction of sp³-hybridized carbons (Fsp3) is 0.385. The van der Waals surface area contributed by atoms with Gasteiger partial charge in [-0.15, -0.1) is 0 Å². The van der Waals surface area contributed by atoms with Gasteiger partial charge in [-0.2, -0.15) is 0 Å². The molecule has 0 atom stereocenters. The van der Waals surface area contributed by atoms with Gasteiger partial charge in [0.05, 0.1) is 6.61 Å². The number of nitrogens with two attached hydrogens (primary N) is 2. The molecule has 8 nitrogen and oxygen atoms in total. The van der Waals surface area contributed by atoms with E-state index in [2.05, 4.69) is 72.5 Å². The minimum atomic E-state index is -0.0423. The predicted molar refractivity (Wildman–Crippen MR) is 139 cm³/mol. The first kappa shape index (κ1) is 26.7. The molecular weight excluding hydrogens is 426 g/mol. The standard InChI is InChI=1S/C10H12N2.C9H14N2O.C7H11N3/c1-7(2)9-5-8-3-4-11-10(8)12-6-9;1-6(2)7-3-8(5-12)9(10)11-4-7;1-5(2)6-3-9-7(8)10-4-6/h3-7H,1-2H3,(H,11,12);3-4,6,12H,5H2,1-2H3,(H2,10,11);3-5H,1-2H3,(H2,8,9,10). The fourth-order valence-corrected chi connectivity index (χ4v) is 2.90. The number of nitrogens with zero attached hydrogens (tertiary/aromatic N) is 4. The largest absolute Gasteiger partial charge is 0.392 e. The van der Waals surface area contributed by atoms with Crippen molar-refractivity contribution < 1.29 is 5.11 Å². The number of hydrogen-bond donors (Lipinski definition) is 4. The Morgan fingerprint density at radius 1 is 0.765 bits per heavy atom. The van der Waals surface area contributed by atoms with Gasteiger partial charge in [0.15, 0.2) is 0 Å². The van der Waals surface area contributed by atoms with Crippen molar-refractivity contribution in [2.24, 2.45) is 0 Å². The SMILES string of the molecule is CC(C)c1cnc(N)c(CO)c1.CC(C)c1cnc(N)nc1.CC(C)c1cnc2[nH]ccc2c1. The van der Waals surface area contributed by atoms with Crippen molar-refractivity contribution in [1.82, 2.24) is 24.9 Å². The molecule has 8 heteroatoms. The summed E-state index contributed by atoms with van der Waals surface area (Å²) in [4.78, 5) is 19.1. The Morgan fingerprint density at radius 2 is 1.29 bits per heavy atom. The molecule has 0 saturated heterocycles. The van der Waals surface area contributed by atoms with Gasteiger partial charge in [0.2, 0.25) is 5.95 Å². The summed E-state index contributed by atoms with van der Waals surface area (Å²) in [5, 5.41) is 10.1. The van der Waals surface area contributed by atoms with Crippen LogP contribution in [-0.4, -0.2) is 30.0 Å². The molecule has 0 aliphatic heterocycles. The highest BCUT2D eigenvalue weighted by atomic mass is 16.3. The molecule has 4 aromatic heterocycles. The summed E-state index contributed by atoms with van der Waals surface area (Å²) in [6.45, 7) is 12.6. The third-order valence-electron chi connectivity index (χ3n) is 5.31. The van der Waals surface area contributed by atoms with Crippen molar-refractivity contribution in [1.29, 1.82) is 0 Å². The van der Waals surface area contributed by atoms with E-state index in [0.29, 0.717) is 35.1 Å². The van der Waals surface area contributed by atoms with E-state index < -0.39 is 0 Å². The second-order valence-corrected chi connectivity index (χ2v) is 8.99. The van der Waals surface area contributed by atoms with Crippen LogP contribution in [0.15, 0.2) is 49.2 Å². The van der Waals surface area contributed by atoms with Crippen LogP contribution in [0.5, 0.6) is 0 Å². The van der Waals surface area contributed by atoms with Gasteiger partial charge in [0.1, 0.15) is 11.5 Å². The van der Waals surface area contributed by atoms with Gasteiger partial charge in [-0.3, -0.25) is 0 Å². The Kier molecular flexibility index (Phi) is 9.94. The van der Waals surface area contributed by atoms with E-state index in [0.717, 1.165) is 16.8 Å². The lowest BCUT2D eigenvalue weighted by Crippen LogP contribution is -2.00. The van der Waals surface area contributed by atoms with Crippen LogP contribution in [0.3, 0.4) is 0 Å². The number of fused-ring (bicyclic) bond motifs is 1. The number of aromatic nitrogens is 5. The number of aliphatic hydroxyl groups is 1. The lowest BCUT2D eigenvalue weighted by atomic mass is 10.0. The maximum atomic E-state index is 8.90. The number of nitrogens with one attached hydrogen (secondary N) is 1. The molecular formula is C26H37N7O. The van der Waals surface area contributed by atoms with E-state index in [1.165, 1.54) is 10.9 Å². The summed E-state index contributed by atoms with van der Waals surface area (Å²) in [7, 11) is 0. The minimum absolute atomic E-state index is 0.0423. The van der Waals surface area contributed by atoms with Crippen molar-refractivity contribution in [3.05, 3.63) is 71.4 Å². The van der Waals surface area contributed by atoms with Crippen molar-refractivity contribution in [3.63, 3.8) is 0 Å². The number of nitrogen functional groups attached to an aromatic ring is 2. The molecule has 0 aliphatic carbocycles. The molecule has 4 heterocycles. The number of aliphatic hydroxyl groups excluding tert-OH is 1.